The molecule has 0 amide bonds. The third kappa shape index (κ3) is 4.22. The van der Waals surface area contributed by atoms with Crippen LogP contribution in [0.1, 0.15) is 32.3 Å². The van der Waals surface area contributed by atoms with Crippen LogP contribution in [0.25, 0.3) is 0 Å². The van der Waals surface area contributed by atoms with Crippen molar-refractivity contribution in [3.05, 3.63) is 29.8 Å². The van der Waals surface area contributed by atoms with E-state index < -0.39 is 0 Å². The summed E-state index contributed by atoms with van der Waals surface area (Å²) in [5, 5.41) is 10.2. The fraction of sp³-hybridized carbons (Fsp3) is 0.647. The number of nitrogens with zero attached hydrogens (tertiary/aromatic N) is 1. The molecule has 0 bridgehead atoms. The Kier molecular flexibility index (Phi) is 5.86. The van der Waals surface area contributed by atoms with Crippen molar-refractivity contribution in [2.45, 2.75) is 39.2 Å². The normalized spacial score (nSPS) is 23.8. The fourth-order valence-corrected chi connectivity index (χ4v) is 3.05. The van der Waals surface area contributed by atoms with Crippen molar-refractivity contribution >= 4 is 0 Å². The molecule has 1 fully saturated rings. The summed E-state index contributed by atoms with van der Waals surface area (Å²) in [6.07, 6.45) is 2.85. The Morgan fingerprint density at radius 3 is 2.95 bits per heavy atom. The molecule has 3 nitrogen and oxygen atoms in total. The monoisotopic (exact) mass is 277 g/mol. The maximum absolute atomic E-state index is 10.2. The number of benzene rings is 1. The summed E-state index contributed by atoms with van der Waals surface area (Å²) in [4.78, 5) is 2.48. The summed E-state index contributed by atoms with van der Waals surface area (Å²) < 4.78 is 5.55. The van der Waals surface area contributed by atoms with Gasteiger partial charge in [0.05, 0.1) is 12.7 Å². The first-order chi connectivity index (χ1) is 9.72. The van der Waals surface area contributed by atoms with Gasteiger partial charge in [-0.3, -0.25) is 0 Å². The van der Waals surface area contributed by atoms with Crippen LogP contribution < -0.4 is 4.74 Å². The Bertz CT molecular complexity index is 408. The molecular weight excluding hydrogens is 250 g/mol. The van der Waals surface area contributed by atoms with Crippen LogP contribution in [0, 0.1) is 5.92 Å². The van der Waals surface area contributed by atoms with Gasteiger partial charge in [-0.15, -0.1) is 0 Å². The van der Waals surface area contributed by atoms with E-state index in [-0.39, 0.29) is 6.10 Å². The zero-order valence-corrected chi connectivity index (χ0v) is 12.7. The van der Waals surface area contributed by atoms with Crippen LogP contribution >= 0.6 is 0 Å². The van der Waals surface area contributed by atoms with Crippen LogP contribution in [-0.4, -0.2) is 42.4 Å². The van der Waals surface area contributed by atoms with Crippen LogP contribution in [0.2, 0.25) is 0 Å². The van der Waals surface area contributed by atoms with E-state index in [0.29, 0.717) is 12.5 Å². The molecule has 1 aliphatic heterocycles. The molecule has 0 aromatic heterocycles. The van der Waals surface area contributed by atoms with Crippen molar-refractivity contribution in [3.8, 4) is 5.75 Å². The standard InChI is InChI=1S/C17H27NO2/c1-3-9-18-10-8-17(19)15(13-18)11-14-6-5-7-16(12-14)20-4-2/h5-7,12,15,17,19H,3-4,8-11,13H2,1-2H3. The van der Waals surface area contributed by atoms with E-state index in [1.807, 2.05) is 19.1 Å². The molecule has 2 rings (SSSR count). The largest absolute Gasteiger partial charge is 0.494 e. The Balaban J connectivity index is 1.98. The van der Waals surface area contributed by atoms with E-state index in [1.54, 1.807) is 0 Å². The van der Waals surface area contributed by atoms with Gasteiger partial charge in [-0.2, -0.15) is 0 Å². The summed E-state index contributed by atoms with van der Waals surface area (Å²) in [5.41, 5.74) is 1.26. The summed E-state index contributed by atoms with van der Waals surface area (Å²) in [7, 11) is 0. The molecule has 3 heteroatoms. The minimum Gasteiger partial charge on any atom is -0.494 e. The number of rotatable bonds is 6. The summed E-state index contributed by atoms with van der Waals surface area (Å²) in [6.45, 7) is 8.09. The Morgan fingerprint density at radius 1 is 1.35 bits per heavy atom. The molecule has 1 heterocycles. The zero-order chi connectivity index (χ0) is 14.4. The average molecular weight is 277 g/mol. The van der Waals surface area contributed by atoms with Crippen LogP contribution in [0.5, 0.6) is 5.75 Å². The van der Waals surface area contributed by atoms with E-state index in [1.165, 1.54) is 12.0 Å². The average Bonchev–Trinajstić information content (AvgIpc) is 2.44. The van der Waals surface area contributed by atoms with Gasteiger partial charge in [-0.25, -0.2) is 0 Å². The second-order valence-corrected chi connectivity index (χ2v) is 5.70. The first kappa shape index (κ1) is 15.3. The first-order valence-electron chi connectivity index (χ1n) is 7.85. The van der Waals surface area contributed by atoms with Gasteiger partial charge >= 0.3 is 0 Å². The lowest BCUT2D eigenvalue weighted by molar-refractivity contribution is 0.0270. The molecule has 2 atom stereocenters. The molecule has 2 unspecified atom stereocenters. The molecule has 1 aromatic rings. The van der Waals surface area contributed by atoms with Gasteiger partial charge in [0.2, 0.25) is 0 Å². The quantitative estimate of drug-likeness (QED) is 0.868. The van der Waals surface area contributed by atoms with E-state index >= 15 is 0 Å². The highest BCUT2D eigenvalue weighted by Gasteiger charge is 2.27. The van der Waals surface area contributed by atoms with Gasteiger partial charge < -0.3 is 14.7 Å². The van der Waals surface area contributed by atoms with E-state index in [9.17, 15) is 5.11 Å². The SMILES string of the molecule is CCCN1CCC(O)C(Cc2cccc(OCC)c2)C1. The molecule has 1 saturated heterocycles. The van der Waals surface area contributed by atoms with Crippen molar-refractivity contribution < 1.29 is 9.84 Å². The van der Waals surface area contributed by atoms with Gasteiger partial charge in [0.15, 0.2) is 0 Å². The number of aliphatic hydroxyl groups excluding tert-OH is 1. The summed E-state index contributed by atoms with van der Waals surface area (Å²) >= 11 is 0. The molecule has 112 valence electrons. The number of likely N-dealkylation sites (tertiary alicyclic amines) is 1. The highest BCUT2D eigenvalue weighted by atomic mass is 16.5. The third-order valence-corrected chi connectivity index (χ3v) is 4.03. The Hall–Kier alpha value is -1.06. The van der Waals surface area contributed by atoms with Gasteiger partial charge in [-0.1, -0.05) is 19.1 Å². The van der Waals surface area contributed by atoms with E-state index in [2.05, 4.69) is 24.0 Å². The topological polar surface area (TPSA) is 32.7 Å². The van der Waals surface area contributed by atoms with Crippen LogP contribution in [-0.2, 0) is 6.42 Å². The maximum Gasteiger partial charge on any atom is 0.119 e. The summed E-state index contributed by atoms with van der Waals surface area (Å²) in [6, 6.07) is 8.27. The highest BCUT2D eigenvalue weighted by molar-refractivity contribution is 5.29. The molecular formula is C17H27NO2. The predicted molar refractivity (Wildman–Crippen MR) is 82.2 cm³/mol. The van der Waals surface area contributed by atoms with E-state index in [0.717, 1.165) is 38.2 Å². The minimum absolute atomic E-state index is 0.168. The fourth-order valence-electron chi connectivity index (χ4n) is 3.05. The molecule has 20 heavy (non-hydrogen) atoms. The van der Waals surface area contributed by atoms with Gasteiger partial charge in [0.25, 0.3) is 0 Å². The Morgan fingerprint density at radius 2 is 2.20 bits per heavy atom. The van der Waals surface area contributed by atoms with Crippen molar-refractivity contribution in [1.29, 1.82) is 0 Å². The molecule has 1 aliphatic rings. The third-order valence-electron chi connectivity index (χ3n) is 4.03. The van der Waals surface area contributed by atoms with Crippen molar-refractivity contribution in [1.82, 2.24) is 4.90 Å². The van der Waals surface area contributed by atoms with Gasteiger partial charge in [-0.05, 0) is 50.4 Å². The van der Waals surface area contributed by atoms with Crippen molar-refractivity contribution in [2.24, 2.45) is 5.92 Å². The zero-order valence-electron chi connectivity index (χ0n) is 12.7. The smallest absolute Gasteiger partial charge is 0.119 e. The Labute approximate surface area is 122 Å². The highest BCUT2D eigenvalue weighted by Crippen LogP contribution is 2.23. The number of hydrogen-bond acceptors (Lipinski definition) is 3. The number of ether oxygens (including phenoxy) is 1. The molecule has 1 aromatic carbocycles. The number of hydrogen-bond donors (Lipinski definition) is 1. The summed E-state index contributed by atoms with van der Waals surface area (Å²) in [5.74, 6) is 1.27. The second kappa shape index (κ2) is 7.65. The van der Waals surface area contributed by atoms with Crippen LogP contribution in [0.4, 0.5) is 0 Å². The van der Waals surface area contributed by atoms with E-state index in [4.69, 9.17) is 4.74 Å². The lowest BCUT2D eigenvalue weighted by Crippen LogP contribution is -2.44. The number of piperidine rings is 1. The van der Waals surface area contributed by atoms with Crippen molar-refractivity contribution in [2.75, 3.05) is 26.2 Å². The molecule has 1 N–H and O–H groups in total. The van der Waals surface area contributed by atoms with Crippen LogP contribution in [0.15, 0.2) is 24.3 Å². The second-order valence-electron chi connectivity index (χ2n) is 5.70. The number of aliphatic hydroxyl groups is 1. The van der Waals surface area contributed by atoms with Crippen LogP contribution in [0.3, 0.4) is 0 Å². The molecule has 0 radical (unpaired) electrons. The van der Waals surface area contributed by atoms with Crippen molar-refractivity contribution in [3.63, 3.8) is 0 Å². The lowest BCUT2D eigenvalue weighted by Gasteiger charge is -2.36. The minimum atomic E-state index is -0.168. The lowest BCUT2D eigenvalue weighted by atomic mass is 9.88. The predicted octanol–water partition coefficient (Wildman–Crippen LogP) is 2.72. The maximum atomic E-state index is 10.2. The first-order valence-corrected chi connectivity index (χ1v) is 7.85. The molecule has 0 saturated carbocycles. The van der Waals surface area contributed by atoms with Gasteiger partial charge in [0, 0.05) is 19.0 Å². The van der Waals surface area contributed by atoms with Gasteiger partial charge in [0.1, 0.15) is 5.75 Å². The molecule has 0 aliphatic carbocycles. The molecule has 0 spiro atoms.